The van der Waals surface area contributed by atoms with Crippen LogP contribution in [0.4, 0.5) is 15.8 Å². The summed E-state index contributed by atoms with van der Waals surface area (Å²) in [6, 6.07) is 12.1. The Morgan fingerprint density at radius 1 is 1.23 bits per heavy atom. The molecule has 138 valence electrons. The number of nitrogens with zero attached hydrogens (tertiary/aromatic N) is 1. The van der Waals surface area contributed by atoms with E-state index in [0.717, 1.165) is 18.8 Å². The summed E-state index contributed by atoms with van der Waals surface area (Å²) in [6.07, 6.45) is 0.286. The Morgan fingerprint density at radius 2 is 2.00 bits per heavy atom. The topological polar surface area (TPSA) is 41.6 Å². The normalized spacial score (nSPS) is 14.3. The summed E-state index contributed by atoms with van der Waals surface area (Å²) in [4.78, 5) is 15.1. The maximum Gasteiger partial charge on any atom is 0.225 e. The van der Waals surface area contributed by atoms with Crippen LogP contribution in [0.25, 0.3) is 0 Å². The average molecular weight is 395 g/mol. The molecule has 1 amide bonds. The highest BCUT2D eigenvalue weighted by Gasteiger charge is 2.16. The first-order chi connectivity index (χ1) is 12.6. The van der Waals surface area contributed by atoms with E-state index in [4.69, 9.17) is 16.3 Å². The number of carbonyl (C=O) groups excluding carboxylic acids is 1. The van der Waals surface area contributed by atoms with Gasteiger partial charge in [0.25, 0.3) is 0 Å². The largest absolute Gasteiger partial charge is 0.378 e. The Hall–Kier alpha value is -1.76. The SMILES string of the molecule is O=C(CCSc1ccccc1F)Nc1cc(Cl)ccc1N1CCOCC1. The van der Waals surface area contributed by atoms with Gasteiger partial charge in [-0.2, -0.15) is 0 Å². The van der Waals surface area contributed by atoms with Crippen LogP contribution in [-0.2, 0) is 9.53 Å². The van der Waals surface area contributed by atoms with Crippen LogP contribution in [0.1, 0.15) is 6.42 Å². The summed E-state index contributed by atoms with van der Waals surface area (Å²) in [5.41, 5.74) is 1.63. The van der Waals surface area contributed by atoms with Crippen molar-refractivity contribution in [1.29, 1.82) is 0 Å². The molecule has 2 aromatic carbocycles. The van der Waals surface area contributed by atoms with E-state index in [1.165, 1.54) is 17.8 Å². The summed E-state index contributed by atoms with van der Waals surface area (Å²) in [5, 5.41) is 3.50. The molecule has 0 atom stereocenters. The Balaban J connectivity index is 1.59. The lowest BCUT2D eigenvalue weighted by molar-refractivity contribution is -0.115. The van der Waals surface area contributed by atoms with Crippen LogP contribution >= 0.6 is 23.4 Å². The zero-order valence-electron chi connectivity index (χ0n) is 14.2. The van der Waals surface area contributed by atoms with Gasteiger partial charge in [-0.15, -0.1) is 11.8 Å². The van der Waals surface area contributed by atoms with Crippen molar-refractivity contribution in [2.75, 3.05) is 42.3 Å². The Kier molecular flexibility index (Phi) is 6.77. The summed E-state index contributed by atoms with van der Waals surface area (Å²) in [7, 11) is 0. The van der Waals surface area contributed by atoms with Crippen molar-refractivity contribution in [3.8, 4) is 0 Å². The number of ether oxygens (including phenoxy) is 1. The molecule has 0 aromatic heterocycles. The minimum Gasteiger partial charge on any atom is -0.378 e. The molecule has 1 fully saturated rings. The molecule has 1 saturated heterocycles. The molecule has 0 aliphatic carbocycles. The first-order valence-electron chi connectivity index (χ1n) is 8.43. The number of amides is 1. The van der Waals surface area contributed by atoms with Gasteiger partial charge in [-0.05, 0) is 30.3 Å². The number of nitrogens with one attached hydrogen (secondary N) is 1. The van der Waals surface area contributed by atoms with Gasteiger partial charge in [-0.3, -0.25) is 4.79 Å². The number of carbonyl (C=O) groups is 1. The number of benzene rings is 2. The molecule has 0 spiro atoms. The Morgan fingerprint density at radius 3 is 2.77 bits per heavy atom. The lowest BCUT2D eigenvalue weighted by Crippen LogP contribution is -2.36. The minimum atomic E-state index is -0.262. The van der Waals surface area contributed by atoms with E-state index in [2.05, 4.69) is 10.2 Å². The molecule has 0 radical (unpaired) electrons. The second kappa shape index (κ2) is 9.26. The van der Waals surface area contributed by atoms with E-state index in [-0.39, 0.29) is 18.1 Å². The first kappa shape index (κ1) is 19.0. The van der Waals surface area contributed by atoms with E-state index in [1.54, 1.807) is 24.3 Å². The molecular formula is C19H20ClFN2O2S. The van der Waals surface area contributed by atoms with Crippen LogP contribution in [0.3, 0.4) is 0 Å². The summed E-state index contributed by atoms with van der Waals surface area (Å²) < 4.78 is 19.0. The van der Waals surface area contributed by atoms with Gasteiger partial charge in [0.1, 0.15) is 5.82 Å². The predicted molar refractivity (Wildman–Crippen MR) is 105 cm³/mol. The fourth-order valence-electron chi connectivity index (χ4n) is 2.72. The van der Waals surface area contributed by atoms with Gasteiger partial charge < -0.3 is 15.0 Å². The van der Waals surface area contributed by atoms with Crippen LogP contribution in [0, 0.1) is 5.82 Å². The van der Waals surface area contributed by atoms with Gasteiger partial charge >= 0.3 is 0 Å². The zero-order chi connectivity index (χ0) is 18.4. The average Bonchev–Trinajstić information content (AvgIpc) is 2.64. The lowest BCUT2D eigenvalue weighted by atomic mass is 10.2. The molecule has 0 bridgehead atoms. The molecule has 1 aliphatic heterocycles. The van der Waals surface area contributed by atoms with Gasteiger partial charge in [0.05, 0.1) is 24.6 Å². The van der Waals surface area contributed by atoms with Crippen molar-refractivity contribution in [3.63, 3.8) is 0 Å². The van der Waals surface area contributed by atoms with Crippen LogP contribution in [0.5, 0.6) is 0 Å². The van der Waals surface area contributed by atoms with Gasteiger partial charge in [-0.1, -0.05) is 23.7 Å². The van der Waals surface area contributed by atoms with E-state index in [1.807, 2.05) is 12.1 Å². The highest BCUT2D eigenvalue weighted by Crippen LogP contribution is 2.30. The molecule has 0 saturated carbocycles. The second-order valence-electron chi connectivity index (χ2n) is 5.84. The highest BCUT2D eigenvalue weighted by atomic mass is 35.5. The van der Waals surface area contributed by atoms with E-state index < -0.39 is 0 Å². The van der Waals surface area contributed by atoms with E-state index in [0.29, 0.717) is 34.6 Å². The van der Waals surface area contributed by atoms with Crippen LogP contribution in [-0.4, -0.2) is 38.0 Å². The molecule has 0 unspecified atom stereocenters. The van der Waals surface area contributed by atoms with Crippen molar-refractivity contribution < 1.29 is 13.9 Å². The molecule has 26 heavy (non-hydrogen) atoms. The minimum absolute atomic E-state index is 0.120. The predicted octanol–water partition coefficient (Wildman–Crippen LogP) is 4.44. The van der Waals surface area contributed by atoms with Crippen molar-refractivity contribution in [2.45, 2.75) is 11.3 Å². The number of anilines is 2. The molecule has 1 N–H and O–H groups in total. The standard InChI is InChI=1S/C19H20ClFN2O2S/c20-14-5-6-17(23-8-10-25-11-9-23)16(13-14)22-19(24)7-12-26-18-4-2-1-3-15(18)21/h1-6,13H,7-12H2,(H,22,24). The van der Waals surface area contributed by atoms with Crippen LogP contribution in [0.15, 0.2) is 47.4 Å². The number of hydrogen-bond donors (Lipinski definition) is 1. The fraction of sp³-hybridized carbons (Fsp3) is 0.316. The smallest absolute Gasteiger partial charge is 0.225 e. The molecule has 2 aromatic rings. The molecular weight excluding hydrogens is 375 g/mol. The third-order valence-electron chi connectivity index (χ3n) is 4.01. The van der Waals surface area contributed by atoms with Gasteiger partial charge in [0, 0.05) is 35.2 Å². The number of morpholine rings is 1. The molecule has 4 nitrogen and oxygen atoms in total. The summed E-state index contributed by atoms with van der Waals surface area (Å²) in [5.74, 6) is 0.119. The van der Waals surface area contributed by atoms with Crippen molar-refractivity contribution >= 4 is 40.6 Å². The maximum atomic E-state index is 13.6. The number of halogens is 2. The monoisotopic (exact) mass is 394 g/mol. The number of hydrogen-bond acceptors (Lipinski definition) is 4. The lowest BCUT2D eigenvalue weighted by Gasteiger charge is -2.30. The molecule has 1 aliphatic rings. The second-order valence-corrected chi connectivity index (χ2v) is 7.41. The summed E-state index contributed by atoms with van der Waals surface area (Å²) in [6.45, 7) is 2.87. The van der Waals surface area contributed by atoms with Gasteiger partial charge in [-0.25, -0.2) is 4.39 Å². The maximum absolute atomic E-state index is 13.6. The summed E-state index contributed by atoms with van der Waals surface area (Å²) >= 11 is 7.43. The molecule has 1 heterocycles. The van der Waals surface area contributed by atoms with E-state index >= 15 is 0 Å². The molecule has 7 heteroatoms. The highest BCUT2D eigenvalue weighted by molar-refractivity contribution is 7.99. The van der Waals surface area contributed by atoms with Crippen molar-refractivity contribution in [2.24, 2.45) is 0 Å². The number of thioether (sulfide) groups is 1. The van der Waals surface area contributed by atoms with Crippen LogP contribution < -0.4 is 10.2 Å². The van der Waals surface area contributed by atoms with Crippen molar-refractivity contribution in [1.82, 2.24) is 0 Å². The first-order valence-corrected chi connectivity index (χ1v) is 9.79. The van der Waals surface area contributed by atoms with Crippen LogP contribution in [0.2, 0.25) is 5.02 Å². The van der Waals surface area contributed by atoms with Crippen molar-refractivity contribution in [3.05, 3.63) is 53.3 Å². The number of rotatable bonds is 6. The van der Waals surface area contributed by atoms with E-state index in [9.17, 15) is 9.18 Å². The Labute approximate surface area is 161 Å². The third kappa shape index (κ3) is 5.13. The van der Waals surface area contributed by atoms with Gasteiger partial charge in [0.15, 0.2) is 0 Å². The quantitative estimate of drug-likeness (QED) is 0.735. The fourth-order valence-corrected chi connectivity index (χ4v) is 3.78. The molecule has 3 rings (SSSR count). The third-order valence-corrected chi connectivity index (χ3v) is 5.29. The zero-order valence-corrected chi connectivity index (χ0v) is 15.8. The van der Waals surface area contributed by atoms with Gasteiger partial charge in [0.2, 0.25) is 5.91 Å². The Bertz CT molecular complexity index is 769.